The second-order valence-corrected chi connectivity index (χ2v) is 14.6. The van der Waals surface area contributed by atoms with Crippen LogP contribution in [-0.2, 0) is 10.2 Å². The van der Waals surface area contributed by atoms with Gasteiger partial charge in [0.05, 0.1) is 0 Å². The van der Waals surface area contributed by atoms with Gasteiger partial charge in [-0.15, -0.1) is 0 Å². The molecular formula is C13H24OSi2. The molecule has 3 heteroatoms. The molecule has 0 aromatic heterocycles. The summed E-state index contributed by atoms with van der Waals surface area (Å²) in [5.74, 6) is 0. The van der Waals surface area contributed by atoms with Gasteiger partial charge >= 0.3 is 0 Å². The van der Waals surface area contributed by atoms with Crippen LogP contribution in [0.1, 0.15) is 12.5 Å². The molecule has 0 radical (unpaired) electrons. The molecule has 0 amide bonds. The van der Waals surface area contributed by atoms with E-state index in [9.17, 15) is 0 Å². The van der Waals surface area contributed by atoms with E-state index in [0.717, 1.165) is 6.04 Å². The molecule has 16 heavy (non-hydrogen) atoms. The molecule has 90 valence electrons. The summed E-state index contributed by atoms with van der Waals surface area (Å²) in [6.07, 6.45) is 0. The monoisotopic (exact) mass is 252 g/mol. The zero-order valence-corrected chi connectivity index (χ0v) is 13.2. The molecule has 1 rings (SSSR count). The van der Waals surface area contributed by atoms with Crippen LogP contribution in [0.25, 0.3) is 0 Å². The van der Waals surface area contributed by atoms with E-state index in [1.54, 1.807) is 0 Å². The normalized spacial score (nSPS) is 12.8. The van der Waals surface area contributed by atoms with Gasteiger partial charge in [0.25, 0.3) is 0 Å². The van der Waals surface area contributed by atoms with Crippen LogP contribution in [0.15, 0.2) is 30.3 Å². The predicted molar refractivity (Wildman–Crippen MR) is 76.7 cm³/mol. The zero-order valence-electron chi connectivity index (χ0n) is 11.2. The first-order valence-electron chi connectivity index (χ1n) is 6.09. The topological polar surface area (TPSA) is 9.23 Å². The highest BCUT2D eigenvalue weighted by molar-refractivity contribution is 6.84. The minimum Gasteiger partial charge on any atom is -0.455 e. The maximum Gasteiger partial charge on any atom is 0.177 e. The van der Waals surface area contributed by atoms with Crippen LogP contribution in [0.4, 0.5) is 0 Å². The van der Waals surface area contributed by atoms with Gasteiger partial charge in [-0.3, -0.25) is 0 Å². The van der Waals surface area contributed by atoms with Crippen molar-refractivity contribution in [2.45, 2.75) is 45.2 Å². The minimum absolute atomic E-state index is 1.13. The van der Waals surface area contributed by atoms with E-state index in [4.69, 9.17) is 4.12 Å². The third-order valence-electron chi connectivity index (χ3n) is 2.88. The summed E-state index contributed by atoms with van der Waals surface area (Å²) in [6.45, 7) is 11.6. The lowest BCUT2D eigenvalue weighted by atomic mass is 10.2. The van der Waals surface area contributed by atoms with Crippen molar-refractivity contribution in [3.8, 4) is 0 Å². The first kappa shape index (κ1) is 13.7. The second-order valence-electron chi connectivity index (χ2n) is 5.64. The van der Waals surface area contributed by atoms with E-state index in [1.165, 1.54) is 11.6 Å². The van der Waals surface area contributed by atoms with Crippen LogP contribution in [0.2, 0.25) is 32.2 Å². The van der Waals surface area contributed by atoms with Crippen LogP contribution in [0.5, 0.6) is 0 Å². The summed E-state index contributed by atoms with van der Waals surface area (Å²) in [5.41, 5.74) is 1.42. The maximum absolute atomic E-state index is 6.46. The van der Waals surface area contributed by atoms with Gasteiger partial charge in [-0.05, 0) is 43.8 Å². The Bertz CT molecular complexity index is 320. The summed E-state index contributed by atoms with van der Waals surface area (Å²) in [5, 5.41) is 0. The summed E-state index contributed by atoms with van der Waals surface area (Å²) in [4.78, 5) is 0. The van der Waals surface area contributed by atoms with Crippen molar-refractivity contribution in [2.24, 2.45) is 0 Å². The molecule has 0 aliphatic rings. The highest BCUT2D eigenvalue weighted by atomic mass is 28.4. The summed E-state index contributed by atoms with van der Waals surface area (Å²) in [6, 6.07) is 13.0. The lowest BCUT2D eigenvalue weighted by molar-refractivity contribution is 0.540. The van der Waals surface area contributed by atoms with Crippen LogP contribution in [0, 0.1) is 0 Å². The molecular weight excluding hydrogens is 228 g/mol. The Morgan fingerprint density at radius 2 is 1.50 bits per heavy atom. The van der Waals surface area contributed by atoms with Crippen molar-refractivity contribution in [1.29, 1.82) is 0 Å². The molecule has 0 aliphatic heterocycles. The number of rotatable bonds is 5. The fourth-order valence-corrected chi connectivity index (χ4v) is 10.0. The Balaban J connectivity index is 2.65. The first-order valence-corrected chi connectivity index (χ1v) is 12.3. The summed E-state index contributed by atoms with van der Waals surface area (Å²) >= 11 is 0. The van der Waals surface area contributed by atoms with E-state index < -0.39 is 16.6 Å². The molecule has 1 aromatic rings. The first-order chi connectivity index (χ1) is 7.35. The lowest BCUT2D eigenvalue weighted by Gasteiger charge is -2.33. The third-order valence-corrected chi connectivity index (χ3v) is 10.3. The molecule has 0 aliphatic carbocycles. The van der Waals surface area contributed by atoms with Crippen molar-refractivity contribution in [1.82, 2.24) is 0 Å². The van der Waals surface area contributed by atoms with Gasteiger partial charge < -0.3 is 4.12 Å². The molecule has 0 bridgehead atoms. The Labute approximate surface area is 102 Å². The van der Waals surface area contributed by atoms with Crippen LogP contribution in [0.3, 0.4) is 0 Å². The lowest BCUT2D eigenvalue weighted by Crippen LogP contribution is -2.45. The molecule has 0 saturated carbocycles. The van der Waals surface area contributed by atoms with E-state index >= 15 is 0 Å². The van der Waals surface area contributed by atoms with E-state index in [1.807, 2.05) is 0 Å². The van der Waals surface area contributed by atoms with Crippen molar-refractivity contribution < 1.29 is 4.12 Å². The van der Waals surface area contributed by atoms with Gasteiger partial charge in [0, 0.05) is 0 Å². The van der Waals surface area contributed by atoms with Gasteiger partial charge in [-0.2, -0.15) is 0 Å². The second kappa shape index (κ2) is 5.30. The Hall–Kier alpha value is -0.386. The minimum atomic E-state index is -1.54. The molecule has 1 aromatic carbocycles. The molecule has 0 heterocycles. The van der Waals surface area contributed by atoms with E-state index in [-0.39, 0.29) is 0 Å². The molecule has 1 nitrogen and oxygen atoms in total. The SMILES string of the molecule is CC[Si](C)(C)O[Si](C)(C)Cc1ccccc1. The average Bonchev–Trinajstić information content (AvgIpc) is 2.17. The van der Waals surface area contributed by atoms with Crippen LogP contribution < -0.4 is 0 Å². The molecule has 0 unspecified atom stereocenters. The average molecular weight is 253 g/mol. The Kier molecular flexibility index (Phi) is 4.53. The zero-order chi connectivity index (χ0) is 12.2. The Morgan fingerprint density at radius 3 is 2.00 bits per heavy atom. The van der Waals surface area contributed by atoms with Gasteiger partial charge in [0.1, 0.15) is 0 Å². The Morgan fingerprint density at radius 1 is 0.938 bits per heavy atom. The van der Waals surface area contributed by atoms with Gasteiger partial charge in [0.15, 0.2) is 16.6 Å². The smallest absolute Gasteiger partial charge is 0.177 e. The number of hydrogen-bond acceptors (Lipinski definition) is 1. The van der Waals surface area contributed by atoms with Crippen LogP contribution >= 0.6 is 0 Å². The number of hydrogen-bond donors (Lipinski definition) is 0. The maximum atomic E-state index is 6.46. The quantitative estimate of drug-likeness (QED) is 0.713. The predicted octanol–water partition coefficient (Wildman–Crippen LogP) is 4.22. The third kappa shape index (κ3) is 4.64. The van der Waals surface area contributed by atoms with E-state index in [2.05, 4.69) is 63.4 Å². The van der Waals surface area contributed by atoms with Crippen LogP contribution in [-0.4, -0.2) is 16.6 Å². The molecule has 0 N–H and O–H groups in total. The van der Waals surface area contributed by atoms with Crippen molar-refractivity contribution >= 4 is 16.6 Å². The van der Waals surface area contributed by atoms with Crippen molar-refractivity contribution in [3.63, 3.8) is 0 Å². The fraction of sp³-hybridized carbons (Fsp3) is 0.538. The highest BCUT2D eigenvalue weighted by Crippen LogP contribution is 2.21. The summed E-state index contributed by atoms with van der Waals surface area (Å²) in [7, 11) is -2.94. The van der Waals surface area contributed by atoms with Gasteiger partial charge in [-0.1, -0.05) is 37.3 Å². The van der Waals surface area contributed by atoms with Crippen molar-refractivity contribution in [3.05, 3.63) is 35.9 Å². The summed E-state index contributed by atoms with van der Waals surface area (Å²) < 4.78 is 6.46. The fourth-order valence-electron chi connectivity index (χ4n) is 1.94. The number of benzene rings is 1. The molecule has 0 atom stereocenters. The van der Waals surface area contributed by atoms with Gasteiger partial charge in [0.2, 0.25) is 0 Å². The largest absolute Gasteiger partial charge is 0.455 e. The molecule has 0 saturated heterocycles. The molecule has 0 fully saturated rings. The standard InChI is InChI=1S/C13H24OSi2/c1-6-15(2,3)14-16(4,5)12-13-10-8-7-9-11-13/h7-11H,6,12H2,1-5H3. The van der Waals surface area contributed by atoms with Crippen molar-refractivity contribution in [2.75, 3.05) is 0 Å². The highest BCUT2D eigenvalue weighted by Gasteiger charge is 2.31. The van der Waals surface area contributed by atoms with Gasteiger partial charge in [-0.25, -0.2) is 0 Å². The van der Waals surface area contributed by atoms with E-state index in [0.29, 0.717) is 0 Å². The molecule has 0 spiro atoms.